The standard InChI is InChI=1S/C12H9NO2S.ClH/c14-12(15)11-13-10(8-16-11)7-6-9-4-2-1-3-5-9;/h1-8H,(H,14,15);1H. The fourth-order valence-corrected chi connectivity index (χ4v) is 1.83. The van der Waals surface area contributed by atoms with Crippen molar-refractivity contribution in [1.82, 2.24) is 4.98 Å². The molecule has 0 amide bonds. The van der Waals surface area contributed by atoms with Crippen LogP contribution in [0.25, 0.3) is 12.2 Å². The van der Waals surface area contributed by atoms with Crippen molar-refractivity contribution in [2.24, 2.45) is 0 Å². The third-order valence-electron chi connectivity index (χ3n) is 1.95. The van der Waals surface area contributed by atoms with Gasteiger partial charge < -0.3 is 5.11 Å². The summed E-state index contributed by atoms with van der Waals surface area (Å²) in [5, 5.41) is 10.6. The number of aromatic nitrogens is 1. The highest BCUT2D eigenvalue weighted by Gasteiger charge is 2.06. The molecule has 0 aliphatic carbocycles. The van der Waals surface area contributed by atoms with Gasteiger partial charge in [0.1, 0.15) is 0 Å². The molecule has 17 heavy (non-hydrogen) atoms. The molecule has 0 bridgehead atoms. The van der Waals surface area contributed by atoms with Crippen LogP contribution < -0.4 is 0 Å². The maximum absolute atomic E-state index is 10.6. The third-order valence-corrected chi connectivity index (χ3v) is 2.80. The van der Waals surface area contributed by atoms with Gasteiger partial charge in [0.2, 0.25) is 5.01 Å². The normalized spacial score (nSPS) is 10.1. The van der Waals surface area contributed by atoms with E-state index in [1.807, 2.05) is 36.4 Å². The summed E-state index contributed by atoms with van der Waals surface area (Å²) in [6.07, 6.45) is 3.71. The average Bonchev–Trinajstić information content (AvgIpc) is 2.76. The molecule has 1 aromatic carbocycles. The molecule has 2 aromatic rings. The van der Waals surface area contributed by atoms with Crippen molar-refractivity contribution in [3.8, 4) is 0 Å². The highest BCUT2D eigenvalue weighted by Crippen LogP contribution is 2.12. The van der Waals surface area contributed by atoms with E-state index in [9.17, 15) is 4.79 Å². The lowest BCUT2D eigenvalue weighted by molar-refractivity contribution is 0.0696. The van der Waals surface area contributed by atoms with Gasteiger partial charge in [-0.3, -0.25) is 0 Å². The average molecular weight is 268 g/mol. The number of nitrogens with zero attached hydrogens (tertiary/aromatic N) is 1. The van der Waals surface area contributed by atoms with Crippen molar-refractivity contribution in [1.29, 1.82) is 0 Å². The maximum Gasteiger partial charge on any atom is 0.365 e. The van der Waals surface area contributed by atoms with E-state index < -0.39 is 5.97 Å². The topological polar surface area (TPSA) is 50.2 Å². The van der Waals surface area contributed by atoms with E-state index in [0.29, 0.717) is 5.69 Å². The van der Waals surface area contributed by atoms with Gasteiger partial charge in [0.15, 0.2) is 0 Å². The van der Waals surface area contributed by atoms with Crippen LogP contribution in [0.3, 0.4) is 0 Å². The molecule has 0 atom stereocenters. The van der Waals surface area contributed by atoms with Gasteiger partial charge in [-0.25, -0.2) is 9.78 Å². The Bertz CT molecular complexity index is 522. The van der Waals surface area contributed by atoms with Crippen LogP contribution in [0.2, 0.25) is 0 Å². The molecule has 0 spiro atoms. The Morgan fingerprint density at radius 1 is 1.24 bits per heavy atom. The van der Waals surface area contributed by atoms with E-state index in [2.05, 4.69) is 4.98 Å². The number of aromatic carboxylic acids is 1. The molecule has 0 radical (unpaired) electrons. The van der Waals surface area contributed by atoms with Gasteiger partial charge >= 0.3 is 5.97 Å². The van der Waals surface area contributed by atoms with Crippen molar-refractivity contribution in [2.75, 3.05) is 0 Å². The summed E-state index contributed by atoms with van der Waals surface area (Å²) >= 11 is 1.13. The summed E-state index contributed by atoms with van der Waals surface area (Å²) in [6, 6.07) is 9.79. The second kappa shape index (κ2) is 6.18. The predicted molar refractivity (Wildman–Crippen MR) is 71.7 cm³/mol. The van der Waals surface area contributed by atoms with Gasteiger partial charge in [-0.1, -0.05) is 36.4 Å². The minimum Gasteiger partial charge on any atom is -0.476 e. The lowest BCUT2D eigenvalue weighted by atomic mass is 10.2. The van der Waals surface area contributed by atoms with Crippen LogP contribution in [0.5, 0.6) is 0 Å². The zero-order valence-electron chi connectivity index (χ0n) is 8.74. The molecule has 0 fully saturated rings. The lowest BCUT2D eigenvalue weighted by Gasteiger charge is -1.89. The zero-order valence-corrected chi connectivity index (χ0v) is 10.4. The predicted octanol–water partition coefficient (Wildman–Crippen LogP) is 3.43. The molecule has 1 aromatic heterocycles. The minimum atomic E-state index is -0.982. The van der Waals surface area contributed by atoms with Crippen LogP contribution in [0.1, 0.15) is 21.1 Å². The van der Waals surface area contributed by atoms with Gasteiger partial charge in [0.25, 0.3) is 0 Å². The van der Waals surface area contributed by atoms with Crippen LogP contribution >= 0.6 is 23.7 Å². The van der Waals surface area contributed by atoms with E-state index in [4.69, 9.17) is 5.11 Å². The van der Waals surface area contributed by atoms with Crippen LogP contribution in [-0.2, 0) is 0 Å². The molecule has 1 heterocycles. The Kier molecular flexibility index (Phi) is 4.87. The van der Waals surface area contributed by atoms with Crippen LogP contribution in [0, 0.1) is 0 Å². The molecule has 0 aliphatic rings. The number of carboxylic acids is 1. The zero-order chi connectivity index (χ0) is 11.4. The fraction of sp³-hybridized carbons (Fsp3) is 0. The van der Waals surface area contributed by atoms with Gasteiger partial charge in [-0.05, 0) is 11.6 Å². The highest BCUT2D eigenvalue weighted by molar-refractivity contribution is 7.11. The van der Waals surface area contributed by atoms with Gasteiger partial charge in [0, 0.05) is 5.38 Å². The molecular formula is C12H10ClNO2S. The molecule has 1 N–H and O–H groups in total. The Morgan fingerprint density at radius 3 is 2.53 bits per heavy atom. The fourth-order valence-electron chi connectivity index (χ4n) is 1.21. The number of rotatable bonds is 3. The van der Waals surface area contributed by atoms with Gasteiger partial charge in [-0.15, -0.1) is 23.7 Å². The van der Waals surface area contributed by atoms with Gasteiger partial charge in [-0.2, -0.15) is 0 Å². The minimum absolute atomic E-state index is 0. The number of hydrogen-bond donors (Lipinski definition) is 1. The summed E-state index contributed by atoms with van der Waals surface area (Å²) in [4.78, 5) is 14.6. The van der Waals surface area contributed by atoms with Crippen LogP contribution in [0.4, 0.5) is 0 Å². The molecule has 0 aliphatic heterocycles. The summed E-state index contributed by atoms with van der Waals surface area (Å²) in [5.41, 5.74) is 1.73. The first-order valence-corrected chi connectivity index (χ1v) is 5.55. The van der Waals surface area contributed by atoms with E-state index in [0.717, 1.165) is 16.9 Å². The SMILES string of the molecule is Cl.O=C(O)c1nc(C=Cc2ccccc2)cs1. The molecule has 3 nitrogen and oxygen atoms in total. The molecular weight excluding hydrogens is 258 g/mol. The number of hydrogen-bond acceptors (Lipinski definition) is 3. The van der Waals surface area contributed by atoms with E-state index >= 15 is 0 Å². The third kappa shape index (κ3) is 3.69. The monoisotopic (exact) mass is 267 g/mol. The van der Waals surface area contributed by atoms with E-state index in [-0.39, 0.29) is 17.4 Å². The lowest BCUT2D eigenvalue weighted by Crippen LogP contribution is -1.93. The number of halogens is 1. The van der Waals surface area contributed by atoms with Crippen molar-refractivity contribution in [3.05, 3.63) is 52.0 Å². The Morgan fingerprint density at radius 2 is 1.94 bits per heavy atom. The van der Waals surface area contributed by atoms with Gasteiger partial charge in [0.05, 0.1) is 5.69 Å². The Balaban J connectivity index is 0.00000144. The molecule has 0 saturated carbocycles. The first-order valence-electron chi connectivity index (χ1n) is 4.67. The molecule has 0 saturated heterocycles. The van der Waals surface area contributed by atoms with Crippen LogP contribution in [-0.4, -0.2) is 16.1 Å². The molecule has 2 rings (SSSR count). The largest absolute Gasteiger partial charge is 0.476 e. The summed E-state index contributed by atoms with van der Waals surface area (Å²) in [6.45, 7) is 0. The Hall–Kier alpha value is -1.65. The highest BCUT2D eigenvalue weighted by atomic mass is 35.5. The summed E-state index contributed by atoms with van der Waals surface area (Å²) in [7, 11) is 0. The Labute approximate surface area is 109 Å². The molecule has 88 valence electrons. The second-order valence-electron chi connectivity index (χ2n) is 3.13. The number of carboxylic acid groups (broad SMARTS) is 1. The number of thiazole rings is 1. The number of carbonyl (C=O) groups is 1. The maximum atomic E-state index is 10.6. The van der Waals surface area contributed by atoms with Crippen molar-refractivity contribution < 1.29 is 9.90 Å². The van der Waals surface area contributed by atoms with Crippen molar-refractivity contribution in [2.45, 2.75) is 0 Å². The van der Waals surface area contributed by atoms with Crippen molar-refractivity contribution in [3.63, 3.8) is 0 Å². The van der Waals surface area contributed by atoms with E-state index in [1.165, 1.54) is 0 Å². The smallest absolute Gasteiger partial charge is 0.365 e. The van der Waals surface area contributed by atoms with E-state index in [1.54, 1.807) is 11.5 Å². The quantitative estimate of drug-likeness (QED) is 0.927. The van der Waals surface area contributed by atoms with Crippen LogP contribution in [0.15, 0.2) is 35.7 Å². The summed E-state index contributed by atoms with van der Waals surface area (Å²) < 4.78 is 0. The number of benzene rings is 1. The molecule has 5 heteroatoms. The van der Waals surface area contributed by atoms with Crippen molar-refractivity contribution >= 4 is 41.9 Å². The summed E-state index contributed by atoms with van der Waals surface area (Å²) in [5.74, 6) is -0.982. The molecule has 0 unspecified atom stereocenters. The second-order valence-corrected chi connectivity index (χ2v) is 3.98. The first kappa shape index (κ1) is 13.4. The first-order chi connectivity index (χ1) is 7.75.